The standard InChI is InChI=1S/C15H19N3O/c16-18-15(14-5-1-2-9-19-14)12-6-7-13-11(10-12)4-3-8-17-13/h3-4,6-8,10,14-15,18H,1-2,5,9,16H2. The number of pyridine rings is 1. The normalized spacial score (nSPS) is 21.4. The molecule has 1 aliphatic rings. The van der Waals surface area contributed by atoms with Crippen LogP contribution in [0.4, 0.5) is 0 Å². The molecule has 2 atom stereocenters. The summed E-state index contributed by atoms with van der Waals surface area (Å²) in [7, 11) is 0. The summed E-state index contributed by atoms with van der Waals surface area (Å²) >= 11 is 0. The van der Waals surface area contributed by atoms with E-state index >= 15 is 0 Å². The summed E-state index contributed by atoms with van der Waals surface area (Å²) in [6, 6.07) is 10.3. The summed E-state index contributed by atoms with van der Waals surface area (Å²) in [6.07, 6.45) is 5.38. The molecule has 0 aliphatic carbocycles. The zero-order chi connectivity index (χ0) is 13.1. The molecular formula is C15H19N3O. The zero-order valence-corrected chi connectivity index (χ0v) is 10.9. The van der Waals surface area contributed by atoms with Crippen molar-refractivity contribution in [2.24, 2.45) is 5.84 Å². The SMILES string of the molecule is NNC(c1ccc2ncccc2c1)C1CCCCO1. The van der Waals surface area contributed by atoms with Crippen molar-refractivity contribution in [3.8, 4) is 0 Å². The lowest BCUT2D eigenvalue weighted by Gasteiger charge is -2.30. The maximum Gasteiger partial charge on any atom is 0.0782 e. The van der Waals surface area contributed by atoms with Crippen LogP contribution < -0.4 is 11.3 Å². The van der Waals surface area contributed by atoms with Crippen LogP contribution in [0.2, 0.25) is 0 Å². The molecule has 1 fully saturated rings. The van der Waals surface area contributed by atoms with Gasteiger partial charge in [-0.1, -0.05) is 12.1 Å². The minimum atomic E-state index is 0.0462. The number of ether oxygens (including phenoxy) is 1. The Kier molecular flexibility index (Phi) is 3.73. The fraction of sp³-hybridized carbons (Fsp3) is 0.400. The molecule has 2 unspecified atom stereocenters. The largest absolute Gasteiger partial charge is 0.376 e. The summed E-state index contributed by atoms with van der Waals surface area (Å²) in [5.41, 5.74) is 5.08. The van der Waals surface area contributed by atoms with Crippen molar-refractivity contribution in [1.82, 2.24) is 10.4 Å². The fourth-order valence-corrected chi connectivity index (χ4v) is 2.73. The van der Waals surface area contributed by atoms with E-state index in [0.717, 1.165) is 35.9 Å². The van der Waals surface area contributed by atoms with Gasteiger partial charge < -0.3 is 4.74 Å². The van der Waals surface area contributed by atoms with Gasteiger partial charge in [-0.2, -0.15) is 0 Å². The average Bonchev–Trinajstić information content (AvgIpc) is 2.49. The van der Waals surface area contributed by atoms with E-state index in [-0.39, 0.29) is 12.1 Å². The number of fused-ring (bicyclic) bond motifs is 1. The molecule has 100 valence electrons. The van der Waals surface area contributed by atoms with Crippen LogP contribution in [0.5, 0.6) is 0 Å². The molecule has 0 spiro atoms. The van der Waals surface area contributed by atoms with Crippen molar-refractivity contribution in [2.45, 2.75) is 31.4 Å². The van der Waals surface area contributed by atoms with Crippen molar-refractivity contribution in [1.29, 1.82) is 0 Å². The molecule has 1 aromatic carbocycles. The predicted octanol–water partition coefficient (Wildman–Crippen LogP) is 2.31. The van der Waals surface area contributed by atoms with Gasteiger partial charge in [0.2, 0.25) is 0 Å². The van der Waals surface area contributed by atoms with Gasteiger partial charge in [0.15, 0.2) is 0 Å². The molecule has 4 nitrogen and oxygen atoms in total. The molecular weight excluding hydrogens is 238 g/mol. The Morgan fingerprint density at radius 2 is 2.26 bits per heavy atom. The van der Waals surface area contributed by atoms with Gasteiger partial charge in [-0.15, -0.1) is 0 Å². The Hall–Kier alpha value is -1.49. The minimum absolute atomic E-state index is 0.0462. The molecule has 4 heteroatoms. The first kappa shape index (κ1) is 12.5. The van der Waals surface area contributed by atoms with E-state index in [2.05, 4.69) is 28.6 Å². The van der Waals surface area contributed by atoms with Crippen molar-refractivity contribution in [3.05, 3.63) is 42.1 Å². The lowest BCUT2D eigenvalue weighted by molar-refractivity contribution is -0.00819. The highest BCUT2D eigenvalue weighted by Gasteiger charge is 2.25. The minimum Gasteiger partial charge on any atom is -0.376 e. The van der Waals surface area contributed by atoms with E-state index < -0.39 is 0 Å². The van der Waals surface area contributed by atoms with Gasteiger partial charge in [0.25, 0.3) is 0 Å². The van der Waals surface area contributed by atoms with Crippen LogP contribution >= 0.6 is 0 Å². The quantitative estimate of drug-likeness (QED) is 0.654. The monoisotopic (exact) mass is 257 g/mol. The number of nitrogens with two attached hydrogens (primary N) is 1. The third-order valence-corrected chi connectivity index (χ3v) is 3.75. The molecule has 1 aromatic heterocycles. The maximum absolute atomic E-state index is 5.84. The van der Waals surface area contributed by atoms with Crippen molar-refractivity contribution >= 4 is 10.9 Å². The van der Waals surface area contributed by atoms with Gasteiger partial charge >= 0.3 is 0 Å². The lowest BCUT2D eigenvalue weighted by Crippen LogP contribution is -2.39. The van der Waals surface area contributed by atoms with Gasteiger partial charge in [-0.05, 0) is 43.0 Å². The lowest BCUT2D eigenvalue weighted by atomic mass is 9.95. The Labute approximate surface area is 112 Å². The van der Waals surface area contributed by atoms with E-state index in [1.54, 1.807) is 0 Å². The van der Waals surface area contributed by atoms with Crippen LogP contribution in [0.25, 0.3) is 10.9 Å². The predicted molar refractivity (Wildman–Crippen MR) is 75.4 cm³/mol. The van der Waals surface area contributed by atoms with Crippen molar-refractivity contribution in [3.63, 3.8) is 0 Å². The van der Waals surface area contributed by atoms with Gasteiger partial charge in [0, 0.05) is 18.2 Å². The molecule has 1 aliphatic heterocycles. The van der Waals surface area contributed by atoms with Crippen LogP contribution in [0, 0.1) is 0 Å². The molecule has 0 amide bonds. The van der Waals surface area contributed by atoms with E-state index in [0.29, 0.717) is 0 Å². The third-order valence-electron chi connectivity index (χ3n) is 3.75. The zero-order valence-electron chi connectivity index (χ0n) is 10.9. The van der Waals surface area contributed by atoms with E-state index in [1.165, 1.54) is 6.42 Å². The van der Waals surface area contributed by atoms with Gasteiger partial charge in [-0.3, -0.25) is 16.3 Å². The van der Waals surface area contributed by atoms with Gasteiger partial charge in [0.05, 0.1) is 17.7 Å². The first-order valence-electron chi connectivity index (χ1n) is 6.81. The Morgan fingerprint density at radius 3 is 3.05 bits per heavy atom. The van der Waals surface area contributed by atoms with Gasteiger partial charge in [0.1, 0.15) is 0 Å². The number of hydrogen-bond acceptors (Lipinski definition) is 4. The summed E-state index contributed by atoms with van der Waals surface area (Å²) in [4.78, 5) is 4.34. The smallest absolute Gasteiger partial charge is 0.0782 e. The first-order valence-corrected chi connectivity index (χ1v) is 6.81. The second-order valence-electron chi connectivity index (χ2n) is 5.00. The Balaban J connectivity index is 1.91. The van der Waals surface area contributed by atoms with Crippen molar-refractivity contribution in [2.75, 3.05) is 6.61 Å². The molecule has 0 radical (unpaired) electrons. The molecule has 0 bridgehead atoms. The first-order chi connectivity index (χ1) is 9.38. The third kappa shape index (κ3) is 2.61. The van der Waals surface area contributed by atoms with Crippen LogP contribution in [0.3, 0.4) is 0 Å². The average molecular weight is 257 g/mol. The molecule has 19 heavy (non-hydrogen) atoms. The Morgan fingerprint density at radius 1 is 1.32 bits per heavy atom. The molecule has 3 N–H and O–H groups in total. The van der Waals surface area contributed by atoms with E-state index in [4.69, 9.17) is 10.6 Å². The summed E-state index contributed by atoms with van der Waals surface area (Å²) in [5, 5.41) is 1.14. The van der Waals surface area contributed by atoms with Crippen LogP contribution in [-0.4, -0.2) is 17.7 Å². The summed E-state index contributed by atoms with van der Waals surface area (Å²) < 4.78 is 5.84. The highest BCUT2D eigenvalue weighted by molar-refractivity contribution is 5.79. The molecule has 2 aromatic rings. The topological polar surface area (TPSA) is 60.2 Å². The second kappa shape index (κ2) is 5.65. The molecule has 1 saturated heterocycles. The molecule has 0 saturated carbocycles. The maximum atomic E-state index is 5.84. The number of hydrogen-bond donors (Lipinski definition) is 2. The van der Waals surface area contributed by atoms with E-state index in [1.807, 2.05) is 18.3 Å². The van der Waals surface area contributed by atoms with Crippen LogP contribution in [0.1, 0.15) is 30.9 Å². The number of nitrogens with zero attached hydrogens (tertiary/aromatic N) is 1. The number of benzene rings is 1. The van der Waals surface area contributed by atoms with Crippen LogP contribution in [0.15, 0.2) is 36.5 Å². The van der Waals surface area contributed by atoms with Gasteiger partial charge in [-0.25, -0.2) is 0 Å². The number of nitrogens with one attached hydrogen (secondary N) is 1. The summed E-state index contributed by atoms with van der Waals surface area (Å²) in [6.45, 7) is 0.831. The highest BCUT2D eigenvalue weighted by Crippen LogP contribution is 2.27. The summed E-state index contributed by atoms with van der Waals surface area (Å²) in [5.74, 6) is 5.73. The molecule has 2 heterocycles. The number of hydrazine groups is 1. The fourth-order valence-electron chi connectivity index (χ4n) is 2.73. The highest BCUT2D eigenvalue weighted by atomic mass is 16.5. The number of rotatable bonds is 3. The second-order valence-corrected chi connectivity index (χ2v) is 5.00. The van der Waals surface area contributed by atoms with Crippen molar-refractivity contribution < 1.29 is 4.74 Å². The molecule has 3 rings (SSSR count). The van der Waals surface area contributed by atoms with E-state index in [9.17, 15) is 0 Å². The Bertz CT molecular complexity index is 552. The number of aromatic nitrogens is 1. The van der Waals surface area contributed by atoms with Crippen LogP contribution in [-0.2, 0) is 4.74 Å².